The highest BCUT2D eigenvalue weighted by Gasteiger charge is 2.13. The summed E-state index contributed by atoms with van der Waals surface area (Å²) < 4.78 is 10.9. The summed E-state index contributed by atoms with van der Waals surface area (Å²) in [5, 5.41) is 4.27. The summed E-state index contributed by atoms with van der Waals surface area (Å²) in [4.78, 5) is 11.4. The molecular weight excluding hydrogens is 266 g/mol. The van der Waals surface area contributed by atoms with Gasteiger partial charge in [-0.15, -0.1) is 0 Å². The van der Waals surface area contributed by atoms with Gasteiger partial charge < -0.3 is 14.5 Å². The molecule has 2 rings (SSSR count). The fourth-order valence-electron chi connectivity index (χ4n) is 2.38. The van der Waals surface area contributed by atoms with Crippen LogP contribution in [-0.2, 0) is 22.5 Å². The number of nitrogens with one attached hydrogen (secondary N) is 1. The van der Waals surface area contributed by atoms with Crippen LogP contribution in [0.1, 0.15) is 38.0 Å². The molecule has 0 amide bonds. The first kappa shape index (κ1) is 15.6. The topological polar surface area (TPSA) is 51.5 Å². The Kier molecular flexibility index (Phi) is 5.81. The van der Waals surface area contributed by atoms with Crippen molar-refractivity contribution in [3.05, 3.63) is 35.6 Å². The second-order valence-electron chi connectivity index (χ2n) is 5.01. The van der Waals surface area contributed by atoms with E-state index in [1.807, 2.05) is 25.1 Å². The lowest BCUT2D eigenvalue weighted by molar-refractivity contribution is -0.142. The van der Waals surface area contributed by atoms with Gasteiger partial charge in [0.2, 0.25) is 0 Å². The van der Waals surface area contributed by atoms with E-state index in [9.17, 15) is 4.79 Å². The molecule has 2 aromatic rings. The zero-order chi connectivity index (χ0) is 15.1. The number of fused-ring (bicyclic) bond motifs is 1. The first-order chi connectivity index (χ1) is 10.3. The van der Waals surface area contributed by atoms with E-state index in [-0.39, 0.29) is 12.5 Å². The van der Waals surface area contributed by atoms with Gasteiger partial charge in [-0.05, 0) is 19.4 Å². The Morgan fingerprint density at radius 2 is 2.10 bits per heavy atom. The molecule has 1 aromatic carbocycles. The molecule has 0 aliphatic carbocycles. The van der Waals surface area contributed by atoms with Crippen LogP contribution in [0.2, 0.25) is 0 Å². The minimum absolute atomic E-state index is 0.222. The molecule has 0 radical (unpaired) electrons. The van der Waals surface area contributed by atoms with E-state index in [4.69, 9.17) is 9.15 Å². The molecule has 0 saturated heterocycles. The van der Waals surface area contributed by atoms with Crippen molar-refractivity contribution < 1.29 is 13.9 Å². The highest BCUT2D eigenvalue weighted by Crippen LogP contribution is 2.27. The fourth-order valence-corrected chi connectivity index (χ4v) is 2.38. The molecule has 0 bridgehead atoms. The quantitative estimate of drug-likeness (QED) is 0.756. The van der Waals surface area contributed by atoms with E-state index in [1.54, 1.807) is 0 Å². The van der Waals surface area contributed by atoms with Gasteiger partial charge in [0, 0.05) is 23.9 Å². The predicted octanol–water partition coefficient (Wildman–Crippen LogP) is 3.43. The fraction of sp³-hybridized carbons (Fsp3) is 0.471. The molecule has 0 fully saturated rings. The normalized spacial score (nSPS) is 11.0. The third-order valence-corrected chi connectivity index (χ3v) is 3.42. The second kappa shape index (κ2) is 7.84. The van der Waals surface area contributed by atoms with Gasteiger partial charge in [0.25, 0.3) is 0 Å². The van der Waals surface area contributed by atoms with Crippen molar-refractivity contribution in [3.8, 4) is 0 Å². The number of hydrogen-bond donors (Lipinski definition) is 1. The van der Waals surface area contributed by atoms with Gasteiger partial charge in [0.05, 0.1) is 13.2 Å². The minimum atomic E-state index is -0.222. The van der Waals surface area contributed by atoms with Crippen molar-refractivity contribution in [1.29, 1.82) is 0 Å². The van der Waals surface area contributed by atoms with Crippen LogP contribution in [0.4, 0.5) is 0 Å². The summed E-state index contributed by atoms with van der Waals surface area (Å²) >= 11 is 0. The molecule has 4 nitrogen and oxygen atoms in total. The van der Waals surface area contributed by atoms with Gasteiger partial charge in [-0.3, -0.25) is 4.79 Å². The summed E-state index contributed by atoms with van der Waals surface area (Å²) in [6.45, 7) is 5.23. The van der Waals surface area contributed by atoms with Crippen LogP contribution >= 0.6 is 0 Å². The smallest absolute Gasteiger partial charge is 0.319 e. The summed E-state index contributed by atoms with van der Waals surface area (Å²) in [6, 6.07) is 8.04. The Morgan fingerprint density at radius 1 is 1.29 bits per heavy atom. The molecule has 0 aliphatic heterocycles. The van der Waals surface area contributed by atoms with E-state index >= 15 is 0 Å². The molecular formula is C17H23NO3. The largest absolute Gasteiger partial charge is 0.465 e. The number of para-hydroxylation sites is 1. The maximum absolute atomic E-state index is 11.4. The second-order valence-corrected chi connectivity index (χ2v) is 5.01. The van der Waals surface area contributed by atoms with Gasteiger partial charge in [-0.1, -0.05) is 31.5 Å². The minimum Gasteiger partial charge on any atom is -0.465 e. The zero-order valence-electron chi connectivity index (χ0n) is 12.8. The highest BCUT2D eigenvalue weighted by atomic mass is 16.5. The van der Waals surface area contributed by atoms with E-state index in [0.717, 1.165) is 41.6 Å². The summed E-state index contributed by atoms with van der Waals surface area (Å²) in [5.74, 6) is 0.801. The van der Waals surface area contributed by atoms with Crippen molar-refractivity contribution in [2.45, 2.75) is 39.7 Å². The number of carbonyl (C=O) groups excluding carboxylic acids is 1. The SMILES string of the molecule is CCCCc1oc2ccccc2c1CNCC(=O)OCC. The third kappa shape index (κ3) is 4.08. The summed E-state index contributed by atoms with van der Waals surface area (Å²) in [7, 11) is 0. The van der Waals surface area contributed by atoms with E-state index < -0.39 is 0 Å². The van der Waals surface area contributed by atoms with Gasteiger partial charge in [0.15, 0.2) is 0 Å². The van der Waals surface area contributed by atoms with E-state index in [0.29, 0.717) is 13.2 Å². The highest BCUT2D eigenvalue weighted by molar-refractivity contribution is 5.82. The average molecular weight is 289 g/mol. The number of furan rings is 1. The number of aryl methyl sites for hydroxylation is 1. The van der Waals surface area contributed by atoms with Crippen LogP contribution in [0.15, 0.2) is 28.7 Å². The molecule has 0 unspecified atom stereocenters. The van der Waals surface area contributed by atoms with Gasteiger partial charge in [-0.2, -0.15) is 0 Å². The molecule has 0 atom stereocenters. The van der Waals surface area contributed by atoms with Crippen molar-refractivity contribution in [3.63, 3.8) is 0 Å². The van der Waals surface area contributed by atoms with Crippen molar-refractivity contribution in [2.75, 3.05) is 13.2 Å². The predicted molar refractivity (Wildman–Crippen MR) is 83.2 cm³/mol. The van der Waals surface area contributed by atoms with E-state index in [1.165, 1.54) is 0 Å². The van der Waals surface area contributed by atoms with Crippen LogP contribution in [0, 0.1) is 0 Å². The van der Waals surface area contributed by atoms with Crippen LogP contribution in [0.3, 0.4) is 0 Å². The Hall–Kier alpha value is -1.81. The number of unbranched alkanes of at least 4 members (excludes halogenated alkanes) is 1. The molecule has 0 spiro atoms. The number of hydrogen-bond acceptors (Lipinski definition) is 4. The monoisotopic (exact) mass is 289 g/mol. The molecule has 1 heterocycles. The van der Waals surface area contributed by atoms with Gasteiger partial charge >= 0.3 is 5.97 Å². The molecule has 4 heteroatoms. The lowest BCUT2D eigenvalue weighted by Crippen LogP contribution is -2.24. The van der Waals surface area contributed by atoms with Crippen LogP contribution in [0.25, 0.3) is 11.0 Å². The van der Waals surface area contributed by atoms with Crippen molar-refractivity contribution >= 4 is 16.9 Å². The molecule has 114 valence electrons. The lowest BCUT2D eigenvalue weighted by Gasteiger charge is -2.05. The first-order valence-electron chi connectivity index (χ1n) is 7.61. The number of esters is 1. The Bertz CT molecular complexity index is 589. The Balaban J connectivity index is 2.10. The van der Waals surface area contributed by atoms with Crippen LogP contribution in [-0.4, -0.2) is 19.1 Å². The molecule has 21 heavy (non-hydrogen) atoms. The number of benzene rings is 1. The lowest BCUT2D eigenvalue weighted by atomic mass is 10.1. The maximum atomic E-state index is 11.4. The van der Waals surface area contributed by atoms with E-state index in [2.05, 4.69) is 18.3 Å². The standard InChI is InChI=1S/C17H23NO3/c1-3-5-9-16-14(11-18-12-17(19)20-4-2)13-8-6-7-10-15(13)21-16/h6-8,10,18H,3-5,9,11-12H2,1-2H3. The maximum Gasteiger partial charge on any atom is 0.319 e. The Labute approximate surface area is 125 Å². The molecule has 1 aromatic heterocycles. The Morgan fingerprint density at radius 3 is 2.86 bits per heavy atom. The van der Waals surface area contributed by atoms with Crippen LogP contribution < -0.4 is 5.32 Å². The molecule has 0 saturated carbocycles. The van der Waals surface area contributed by atoms with Crippen molar-refractivity contribution in [1.82, 2.24) is 5.32 Å². The van der Waals surface area contributed by atoms with Crippen LogP contribution in [0.5, 0.6) is 0 Å². The van der Waals surface area contributed by atoms with Gasteiger partial charge in [-0.25, -0.2) is 0 Å². The molecule has 1 N–H and O–H groups in total. The molecule has 0 aliphatic rings. The van der Waals surface area contributed by atoms with Crippen molar-refractivity contribution in [2.24, 2.45) is 0 Å². The third-order valence-electron chi connectivity index (χ3n) is 3.42. The first-order valence-corrected chi connectivity index (χ1v) is 7.61. The van der Waals surface area contributed by atoms with Gasteiger partial charge in [0.1, 0.15) is 11.3 Å². The number of carbonyl (C=O) groups is 1. The zero-order valence-corrected chi connectivity index (χ0v) is 12.8. The average Bonchev–Trinajstić information content (AvgIpc) is 2.83. The summed E-state index contributed by atoms with van der Waals surface area (Å²) in [6.07, 6.45) is 3.17. The summed E-state index contributed by atoms with van der Waals surface area (Å²) in [5.41, 5.74) is 2.07. The number of rotatable bonds is 8. The number of ether oxygens (including phenoxy) is 1.